The predicted molar refractivity (Wildman–Crippen MR) is 63.1 cm³/mol. The van der Waals surface area contributed by atoms with Crippen LogP contribution >= 0.6 is 22.9 Å². The van der Waals surface area contributed by atoms with Crippen LogP contribution in [0.25, 0.3) is 10.6 Å². The fourth-order valence-corrected chi connectivity index (χ4v) is 2.45. The van der Waals surface area contributed by atoms with Gasteiger partial charge in [0.05, 0.1) is 5.02 Å². The first-order valence-electron chi connectivity index (χ1n) is 4.63. The van der Waals surface area contributed by atoms with E-state index >= 15 is 0 Å². The third-order valence-corrected chi connectivity index (χ3v) is 3.23. The van der Waals surface area contributed by atoms with E-state index in [1.165, 1.54) is 23.5 Å². The molecule has 0 radical (unpaired) electrons. The number of halogens is 2. The topological polar surface area (TPSA) is 37.8 Å². The lowest BCUT2D eigenvalue weighted by Gasteiger charge is -1.98. The van der Waals surface area contributed by atoms with Crippen LogP contribution in [0.2, 0.25) is 5.02 Å². The van der Waals surface area contributed by atoms with Crippen molar-refractivity contribution >= 4 is 22.9 Å². The summed E-state index contributed by atoms with van der Waals surface area (Å²) in [7, 11) is 1.84. The van der Waals surface area contributed by atoms with Crippen molar-refractivity contribution in [1.29, 1.82) is 0 Å². The summed E-state index contributed by atoms with van der Waals surface area (Å²) in [5.41, 5.74) is 0.711. The average Bonchev–Trinajstić information content (AvgIpc) is 2.67. The summed E-state index contributed by atoms with van der Waals surface area (Å²) in [4.78, 5) is 0. The molecule has 0 aliphatic rings. The third-order valence-electron chi connectivity index (χ3n) is 1.96. The molecule has 0 aliphatic heterocycles. The number of aromatic nitrogens is 2. The lowest BCUT2D eigenvalue weighted by atomic mass is 10.2. The number of benzene rings is 1. The largest absolute Gasteiger partial charge is 0.313 e. The Hall–Kier alpha value is -1.04. The van der Waals surface area contributed by atoms with Crippen LogP contribution < -0.4 is 5.32 Å². The van der Waals surface area contributed by atoms with Crippen LogP contribution in [-0.2, 0) is 6.54 Å². The molecule has 1 aromatic carbocycles. The molecular weight excluding hydrogens is 249 g/mol. The summed E-state index contributed by atoms with van der Waals surface area (Å²) in [5, 5.41) is 12.9. The van der Waals surface area contributed by atoms with Crippen LogP contribution in [0.5, 0.6) is 0 Å². The molecule has 0 unspecified atom stereocenters. The van der Waals surface area contributed by atoms with Gasteiger partial charge in [-0.1, -0.05) is 22.9 Å². The minimum Gasteiger partial charge on any atom is -0.313 e. The Morgan fingerprint density at radius 1 is 1.44 bits per heavy atom. The van der Waals surface area contributed by atoms with Crippen molar-refractivity contribution in [2.75, 3.05) is 7.05 Å². The highest BCUT2D eigenvalue weighted by Gasteiger charge is 2.10. The quantitative estimate of drug-likeness (QED) is 0.919. The summed E-state index contributed by atoms with van der Waals surface area (Å²) in [6.07, 6.45) is 0. The van der Waals surface area contributed by atoms with E-state index in [-0.39, 0.29) is 5.82 Å². The molecule has 0 spiro atoms. The molecule has 2 aromatic rings. The first kappa shape index (κ1) is 11.4. The van der Waals surface area contributed by atoms with Crippen LogP contribution in [0.3, 0.4) is 0 Å². The van der Waals surface area contributed by atoms with Crippen LogP contribution in [0.1, 0.15) is 5.01 Å². The van der Waals surface area contributed by atoms with Crippen molar-refractivity contribution in [2.45, 2.75) is 6.54 Å². The van der Waals surface area contributed by atoms with E-state index in [4.69, 9.17) is 11.6 Å². The Morgan fingerprint density at radius 2 is 2.25 bits per heavy atom. The zero-order chi connectivity index (χ0) is 11.5. The smallest absolute Gasteiger partial charge is 0.149 e. The molecule has 0 saturated carbocycles. The van der Waals surface area contributed by atoms with E-state index in [0.717, 1.165) is 5.01 Å². The molecule has 0 fully saturated rings. The number of hydrogen-bond acceptors (Lipinski definition) is 4. The maximum Gasteiger partial charge on any atom is 0.149 e. The molecule has 0 amide bonds. The monoisotopic (exact) mass is 257 g/mol. The van der Waals surface area contributed by atoms with E-state index in [2.05, 4.69) is 15.5 Å². The fourth-order valence-electron chi connectivity index (χ4n) is 1.25. The molecule has 6 heteroatoms. The zero-order valence-corrected chi connectivity index (χ0v) is 10.1. The van der Waals surface area contributed by atoms with Gasteiger partial charge in [0.25, 0.3) is 0 Å². The number of nitrogens with one attached hydrogen (secondary N) is 1. The van der Waals surface area contributed by atoms with E-state index in [1.807, 2.05) is 7.05 Å². The van der Waals surface area contributed by atoms with Crippen LogP contribution in [0.4, 0.5) is 4.39 Å². The maximum absolute atomic E-state index is 12.9. The van der Waals surface area contributed by atoms with Gasteiger partial charge < -0.3 is 5.32 Å². The van der Waals surface area contributed by atoms with Gasteiger partial charge in [-0.05, 0) is 25.2 Å². The SMILES string of the molecule is CNCc1nnc(-c2ccc(F)cc2Cl)s1. The summed E-state index contributed by atoms with van der Waals surface area (Å²) in [6.45, 7) is 0.663. The molecule has 3 nitrogen and oxygen atoms in total. The minimum absolute atomic E-state index is 0.353. The fraction of sp³-hybridized carbons (Fsp3) is 0.200. The Bertz CT molecular complexity index is 501. The van der Waals surface area contributed by atoms with Crippen LogP contribution in [-0.4, -0.2) is 17.2 Å². The van der Waals surface area contributed by atoms with Crippen molar-refractivity contribution in [3.63, 3.8) is 0 Å². The number of hydrogen-bond donors (Lipinski definition) is 1. The van der Waals surface area contributed by atoms with E-state index in [9.17, 15) is 4.39 Å². The third kappa shape index (κ3) is 2.37. The number of rotatable bonds is 3. The Balaban J connectivity index is 2.35. The molecule has 0 bridgehead atoms. The second kappa shape index (κ2) is 4.86. The van der Waals surface area contributed by atoms with E-state index < -0.39 is 0 Å². The zero-order valence-electron chi connectivity index (χ0n) is 8.50. The molecule has 84 valence electrons. The molecule has 1 heterocycles. The predicted octanol–water partition coefficient (Wildman–Crippen LogP) is 2.72. The summed E-state index contributed by atoms with van der Waals surface area (Å²) in [5.74, 6) is -0.353. The molecule has 0 atom stereocenters. The molecule has 1 aromatic heterocycles. The first-order valence-corrected chi connectivity index (χ1v) is 5.82. The minimum atomic E-state index is -0.353. The normalized spacial score (nSPS) is 10.7. The Kier molecular flexibility index (Phi) is 3.48. The highest BCUT2D eigenvalue weighted by molar-refractivity contribution is 7.14. The van der Waals surface area contributed by atoms with E-state index in [0.29, 0.717) is 22.1 Å². The highest BCUT2D eigenvalue weighted by Crippen LogP contribution is 2.30. The first-order chi connectivity index (χ1) is 7.70. The van der Waals surface area contributed by atoms with Gasteiger partial charge in [0.2, 0.25) is 0 Å². The second-order valence-corrected chi connectivity index (χ2v) is 4.62. The lowest BCUT2D eigenvalue weighted by molar-refractivity contribution is 0.628. The van der Waals surface area contributed by atoms with Crippen molar-refractivity contribution in [3.8, 4) is 10.6 Å². The lowest BCUT2D eigenvalue weighted by Crippen LogP contribution is -2.04. The van der Waals surface area contributed by atoms with Gasteiger partial charge in [-0.2, -0.15) is 0 Å². The van der Waals surface area contributed by atoms with Gasteiger partial charge >= 0.3 is 0 Å². The molecule has 16 heavy (non-hydrogen) atoms. The van der Waals surface area contributed by atoms with Crippen LogP contribution in [0, 0.1) is 5.82 Å². The van der Waals surface area contributed by atoms with Crippen LogP contribution in [0.15, 0.2) is 18.2 Å². The van der Waals surface area contributed by atoms with Crippen molar-refractivity contribution < 1.29 is 4.39 Å². The molecule has 0 aliphatic carbocycles. The Labute approximate surface area is 101 Å². The van der Waals surface area contributed by atoms with Gasteiger partial charge in [-0.15, -0.1) is 10.2 Å². The Morgan fingerprint density at radius 3 is 2.94 bits per heavy atom. The van der Waals surface area contributed by atoms with Gasteiger partial charge in [-0.3, -0.25) is 0 Å². The van der Waals surface area contributed by atoms with Crippen molar-refractivity contribution in [2.24, 2.45) is 0 Å². The molecular formula is C10H9ClFN3S. The molecule has 2 rings (SSSR count). The molecule has 0 saturated heterocycles. The summed E-state index contributed by atoms with van der Waals surface area (Å²) >= 11 is 7.37. The standard InChI is InChI=1S/C10H9ClFN3S/c1-13-5-9-14-15-10(16-9)7-3-2-6(12)4-8(7)11/h2-4,13H,5H2,1H3. The van der Waals surface area contributed by atoms with Crippen molar-refractivity contribution in [1.82, 2.24) is 15.5 Å². The number of nitrogens with zero attached hydrogens (tertiary/aromatic N) is 2. The van der Waals surface area contributed by atoms with Gasteiger partial charge in [-0.25, -0.2) is 4.39 Å². The summed E-state index contributed by atoms with van der Waals surface area (Å²) < 4.78 is 12.9. The van der Waals surface area contributed by atoms with Gasteiger partial charge in [0, 0.05) is 12.1 Å². The van der Waals surface area contributed by atoms with Gasteiger partial charge in [0.15, 0.2) is 0 Å². The van der Waals surface area contributed by atoms with Gasteiger partial charge in [0.1, 0.15) is 15.8 Å². The molecule has 1 N–H and O–H groups in total. The average molecular weight is 258 g/mol. The second-order valence-electron chi connectivity index (χ2n) is 3.16. The summed E-state index contributed by atoms with van der Waals surface area (Å²) in [6, 6.07) is 4.25. The van der Waals surface area contributed by atoms with E-state index in [1.54, 1.807) is 6.07 Å². The highest BCUT2D eigenvalue weighted by atomic mass is 35.5. The maximum atomic E-state index is 12.9. The van der Waals surface area contributed by atoms with Crippen molar-refractivity contribution in [3.05, 3.63) is 34.0 Å².